The van der Waals surface area contributed by atoms with Gasteiger partial charge < -0.3 is 9.84 Å². The van der Waals surface area contributed by atoms with Crippen molar-refractivity contribution < 1.29 is 18.3 Å². The van der Waals surface area contributed by atoms with Crippen LogP contribution in [0.25, 0.3) is 0 Å². The van der Waals surface area contributed by atoms with Gasteiger partial charge in [-0.2, -0.15) is 4.31 Å². The lowest BCUT2D eigenvalue weighted by molar-refractivity contribution is 0.0571. The van der Waals surface area contributed by atoms with E-state index in [1.165, 1.54) is 15.6 Å². The minimum Gasteiger partial charge on any atom is -0.391 e. The van der Waals surface area contributed by atoms with Crippen LogP contribution < -0.4 is 0 Å². The maximum absolute atomic E-state index is 12.7. The molecular formula is C12H19NO4S2. The Bertz CT molecular complexity index is 538. The van der Waals surface area contributed by atoms with E-state index in [1.54, 1.807) is 19.4 Å². The monoisotopic (exact) mass is 305 g/mol. The van der Waals surface area contributed by atoms with Gasteiger partial charge in [-0.25, -0.2) is 8.42 Å². The Morgan fingerprint density at radius 3 is 2.95 bits per heavy atom. The van der Waals surface area contributed by atoms with E-state index in [1.807, 2.05) is 0 Å². The third-order valence-corrected chi connectivity index (χ3v) is 6.72. The molecule has 1 N–H and O–H groups in total. The molecule has 0 spiro atoms. The average molecular weight is 305 g/mol. The summed E-state index contributed by atoms with van der Waals surface area (Å²) in [6, 6.07) is 0. The largest absolute Gasteiger partial charge is 0.391 e. The lowest BCUT2D eigenvalue weighted by Gasteiger charge is -2.31. The maximum Gasteiger partial charge on any atom is 0.244 e. The first-order valence-corrected chi connectivity index (χ1v) is 8.53. The number of ether oxygens (including phenoxy) is 1. The molecule has 1 unspecified atom stereocenters. The molecule has 1 fully saturated rings. The maximum atomic E-state index is 12.7. The summed E-state index contributed by atoms with van der Waals surface area (Å²) < 4.78 is 32.1. The number of methoxy groups -OCH3 is 1. The van der Waals surface area contributed by atoms with Crippen molar-refractivity contribution >= 4 is 21.4 Å². The number of hydrogen-bond donors (Lipinski definition) is 1. The van der Waals surface area contributed by atoms with E-state index in [0.29, 0.717) is 23.5 Å². The molecule has 1 aromatic heterocycles. The molecule has 1 aliphatic heterocycles. The van der Waals surface area contributed by atoms with Gasteiger partial charge in [-0.15, -0.1) is 11.3 Å². The molecule has 0 amide bonds. The van der Waals surface area contributed by atoms with Crippen molar-refractivity contribution in [2.45, 2.75) is 37.4 Å². The summed E-state index contributed by atoms with van der Waals surface area (Å²) >= 11 is 1.29. The molecule has 2 rings (SSSR count). The zero-order chi connectivity index (χ0) is 14.0. The van der Waals surface area contributed by atoms with Gasteiger partial charge in [0.15, 0.2) is 0 Å². The molecule has 108 valence electrons. The first-order chi connectivity index (χ1) is 9.00. The molecule has 0 saturated carbocycles. The number of nitrogens with zero attached hydrogens (tertiary/aromatic N) is 1. The summed E-state index contributed by atoms with van der Waals surface area (Å²) in [5.41, 5.74) is 0.702. The molecule has 1 saturated heterocycles. The second-order valence-corrected chi connectivity index (χ2v) is 7.53. The van der Waals surface area contributed by atoms with E-state index in [2.05, 4.69) is 0 Å². The molecular weight excluding hydrogens is 286 g/mol. The fourth-order valence-corrected chi connectivity index (χ4v) is 5.51. The van der Waals surface area contributed by atoms with Crippen LogP contribution in [0.1, 0.15) is 23.3 Å². The number of piperidine rings is 1. The molecule has 5 nitrogen and oxygen atoms in total. The van der Waals surface area contributed by atoms with Gasteiger partial charge in [0.1, 0.15) is 4.90 Å². The van der Waals surface area contributed by atoms with Crippen LogP contribution in [0, 0.1) is 6.92 Å². The van der Waals surface area contributed by atoms with Gasteiger partial charge in [0.05, 0.1) is 17.6 Å². The van der Waals surface area contributed by atoms with Crippen molar-refractivity contribution in [1.29, 1.82) is 0 Å². The highest BCUT2D eigenvalue weighted by Crippen LogP contribution is 2.31. The lowest BCUT2D eigenvalue weighted by atomic mass is 10.1. The van der Waals surface area contributed by atoms with Crippen LogP contribution >= 0.6 is 11.3 Å². The third-order valence-electron chi connectivity index (χ3n) is 3.41. The van der Waals surface area contributed by atoms with Gasteiger partial charge in [-0.3, -0.25) is 0 Å². The van der Waals surface area contributed by atoms with Crippen LogP contribution in [0.2, 0.25) is 0 Å². The molecule has 1 atom stereocenters. The van der Waals surface area contributed by atoms with E-state index in [9.17, 15) is 13.5 Å². The smallest absolute Gasteiger partial charge is 0.244 e. The number of thiophene rings is 1. The Kier molecular flexibility index (Phi) is 4.62. The van der Waals surface area contributed by atoms with Crippen LogP contribution in [0.15, 0.2) is 10.3 Å². The van der Waals surface area contributed by atoms with E-state index in [-0.39, 0.29) is 17.6 Å². The summed E-state index contributed by atoms with van der Waals surface area (Å²) in [5, 5.41) is 11.1. The summed E-state index contributed by atoms with van der Waals surface area (Å²) in [5.74, 6) is 0. The van der Waals surface area contributed by atoms with Gasteiger partial charge >= 0.3 is 0 Å². The second-order valence-electron chi connectivity index (χ2n) is 4.69. The van der Waals surface area contributed by atoms with Crippen molar-refractivity contribution in [2.75, 3.05) is 20.2 Å². The van der Waals surface area contributed by atoms with E-state index >= 15 is 0 Å². The lowest BCUT2D eigenvalue weighted by Crippen LogP contribution is -2.43. The van der Waals surface area contributed by atoms with Crippen molar-refractivity contribution in [3.05, 3.63) is 15.8 Å². The molecule has 0 aliphatic carbocycles. The summed E-state index contributed by atoms with van der Waals surface area (Å²) in [4.78, 5) is 0.786. The fourth-order valence-electron chi connectivity index (χ4n) is 2.39. The quantitative estimate of drug-likeness (QED) is 0.912. The van der Waals surface area contributed by atoms with Gasteiger partial charge in [-0.1, -0.05) is 0 Å². The van der Waals surface area contributed by atoms with Crippen molar-refractivity contribution in [1.82, 2.24) is 4.31 Å². The molecule has 7 heteroatoms. The number of sulfonamides is 1. The molecule has 0 bridgehead atoms. The van der Waals surface area contributed by atoms with E-state index < -0.39 is 10.0 Å². The Morgan fingerprint density at radius 1 is 1.58 bits per heavy atom. The molecule has 0 aromatic carbocycles. The van der Waals surface area contributed by atoms with Gasteiger partial charge in [-0.05, 0) is 30.7 Å². The van der Waals surface area contributed by atoms with Crippen LogP contribution in [-0.4, -0.2) is 44.1 Å². The fraction of sp³-hybridized carbons (Fsp3) is 0.667. The van der Waals surface area contributed by atoms with Gasteiger partial charge in [0, 0.05) is 20.2 Å². The van der Waals surface area contributed by atoms with Crippen molar-refractivity contribution in [2.24, 2.45) is 0 Å². The molecule has 2 heterocycles. The summed E-state index contributed by atoms with van der Waals surface area (Å²) in [7, 11) is -1.92. The average Bonchev–Trinajstić information content (AvgIpc) is 2.80. The zero-order valence-corrected chi connectivity index (χ0v) is 12.8. The number of aliphatic hydroxyl groups is 1. The number of hydrogen-bond acceptors (Lipinski definition) is 5. The topological polar surface area (TPSA) is 66.8 Å². The van der Waals surface area contributed by atoms with Gasteiger partial charge in [0.2, 0.25) is 10.0 Å². The predicted octanol–water partition coefficient (Wildman–Crippen LogP) is 1.35. The summed E-state index contributed by atoms with van der Waals surface area (Å²) in [6.07, 6.45) is 1.65. The Morgan fingerprint density at radius 2 is 2.32 bits per heavy atom. The van der Waals surface area contributed by atoms with Gasteiger partial charge in [0.25, 0.3) is 0 Å². The normalized spacial score (nSPS) is 21.7. The third kappa shape index (κ3) is 2.85. The zero-order valence-electron chi connectivity index (χ0n) is 11.1. The Balaban J connectivity index is 2.34. The molecule has 1 aliphatic rings. The number of rotatable bonds is 4. The standard InChI is InChI=1S/C12H19NO4S2/c1-9-8-18-11(7-14)12(9)19(15,16)13-5-3-4-10(6-13)17-2/h8,10,14H,3-7H2,1-2H3. The van der Waals surface area contributed by atoms with Crippen molar-refractivity contribution in [3.63, 3.8) is 0 Å². The number of aryl methyl sites for hydroxylation is 1. The molecule has 0 radical (unpaired) electrons. The van der Waals surface area contributed by atoms with Crippen LogP contribution in [0.5, 0.6) is 0 Å². The van der Waals surface area contributed by atoms with E-state index in [0.717, 1.165) is 12.8 Å². The first kappa shape index (κ1) is 14.9. The molecule has 1 aromatic rings. The summed E-state index contributed by atoms with van der Waals surface area (Å²) in [6.45, 7) is 2.43. The highest BCUT2D eigenvalue weighted by molar-refractivity contribution is 7.89. The second kappa shape index (κ2) is 5.88. The van der Waals surface area contributed by atoms with Crippen LogP contribution in [-0.2, 0) is 21.4 Å². The van der Waals surface area contributed by atoms with Crippen LogP contribution in [0.4, 0.5) is 0 Å². The SMILES string of the molecule is COC1CCCN(S(=O)(=O)c2c(C)csc2CO)C1. The Labute approximate surface area is 117 Å². The van der Waals surface area contributed by atoms with Crippen LogP contribution in [0.3, 0.4) is 0 Å². The van der Waals surface area contributed by atoms with Crippen molar-refractivity contribution in [3.8, 4) is 0 Å². The number of aliphatic hydroxyl groups excluding tert-OH is 1. The highest BCUT2D eigenvalue weighted by Gasteiger charge is 2.33. The highest BCUT2D eigenvalue weighted by atomic mass is 32.2. The minimum atomic E-state index is -3.53. The van der Waals surface area contributed by atoms with E-state index in [4.69, 9.17) is 4.74 Å². The minimum absolute atomic E-state index is 0.0416. The predicted molar refractivity (Wildman–Crippen MR) is 73.8 cm³/mol. The first-order valence-electron chi connectivity index (χ1n) is 6.21. The molecule has 19 heavy (non-hydrogen) atoms. The Hall–Kier alpha value is -0.470.